The second kappa shape index (κ2) is 6.35. The lowest BCUT2D eigenvalue weighted by molar-refractivity contribution is 0.179. The molecule has 1 aliphatic rings. The molecule has 19 heavy (non-hydrogen) atoms. The van der Waals surface area contributed by atoms with Gasteiger partial charge in [-0.05, 0) is 45.5 Å². The highest BCUT2D eigenvalue weighted by Crippen LogP contribution is 2.46. The summed E-state index contributed by atoms with van der Waals surface area (Å²) in [5.74, 6) is 0. The van der Waals surface area contributed by atoms with Crippen molar-refractivity contribution in [2.75, 3.05) is 33.4 Å². The fourth-order valence-corrected chi connectivity index (χ4v) is 2.96. The number of nitrogens with zero attached hydrogens (tertiary/aromatic N) is 1. The van der Waals surface area contributed by atoms with Gasteiger partial charge < -0.3 is 15.5 Å². The summed E-state index contributed by atoms with van der Waals surface area (Å²) in [5, 5.41) is 6.07. The van der Waals surface area contributed by atoms with Crippen molar-refractivity contribution in [3.8, 4) is 0 Å². The van der Waals surface area contributed by atoms with E-state index in [0.717, 1.165) is 13.1 Å². The summed E-state index contributed by atoms with van der Waals surface area (Å²) in [4.78, 5) is 14.1. The van der Waals surface area contributed by atoms with Crippen LogP contribution in [-0.2, 0) is 0 Å². The van der Waals surface area contributed by atoms with Crippen LogP contribution in [0.15, 0.2) is 0 Å². The van der Waals surface area contributed by atoms with Crippen molar-refractivity contribution in [1.82, 2.24) is 15.5 Å². The van der Waals surface area contributed by atoms with Gasteiger partial charge in [-0.1, -0.05) is 13.8 Å². The topological polar surface area (TPSA) is 44.4 Å². The second-order valence-corrected chi connectivity index (χ2v) is 7.94. The minimum atomic E-state index is -0.0420. The van der Waals surface area contributed by atoms with E-state index in [4.69, 9.17) is 0 Å². The van der Waals surface area contributed by atoms with Crippen LogP contribution >= 0.6 is 11.8 Å². The number of nitrogens with one attached hydrogen (secondary N) is 2. The second-order valence-electron chi connectivity index (χ2n) is 6.66. The molecule has 1 saturated carbocycles. The van der Waals surface area contributed by atoms with Gasteiger partial charge in [0, 0.05) is 23.9 Å². The molecule has 1 rings (SSSR count). The molecule has 2 amide bonds. The van der Waals surface area contributed by atoms with Gasteiger partial charge in [0.25, 0.3) is 0 Å². The molecular formula is C14H29N3OS. The van der Waals surface area contributed by atoms with Crippen LogP contribution in [0, 0.1) is 5.41 Å². The zero-order valence-electron chi connectivity index (χ0n) is 13.2. The summed E-state index contributed by atoms with van der Waals surface area (Å²) in [6.07, 6.45) is 4.56. The molecule has 5 heteroatoms. The maximum absolute atomic E-state index is 11.9. The predicted molar refractivity (Wildman–Crippen MR) is 83.8 cm³/mol. The highest BCUT2D eigenvalue weighted by Gasteiger charge is 2.42. The molecule has 0 spiro atoms. The molecule has 0 aliphatic heterocycles. The van der Waals surface area contributed by atoms with Gasteiger partial charge in [0.05, 0.1) is 0 Å². The largest absolute Gasteiger partial charge is 0.337 e. The third-order valence-corrected chi connectivity index (χ3v) is 5.47. The quantitative estimate of drug-likeness (QED) is 0.754. The molecule has 0 saturated heterocycles. The fourth-order valence-electron chi connectivity index (χ4n) is 2.23. The van der Waals surface area contributed by atoms with E-state index in [0.29, 0.717) is 4.75 Å². The van der Waals surface area contributed by atoms with Crippen LogP contribution in [0.4, 0.5) is 4.79 Å². The van der Waals surface area contributed by atoms with E-state index in [1.165, 1.54) is 12.8 Å². The van der Waals surface area contributed by atoms with Crippen molar-refractivity contribution < 1.29 is 4.79 Å². The molecule has 0 aromatic heterocycles. The molecule has 112 valence electrons. The van der Waals surface area contributed by atoms with Crippen LogP contribution in [0.1, 0.15) is 33.6 Å². The van der Waals surface area contributed by atoms with Crippen molar-refractivity contribution in [2.45, 2.75) is 44.4 Å². The smallest absolute Gasteiger partial charge is 0.315 e. The lowest BCUT2D eigenvalue weighted by Crippen LogP contribution is -2.51. The van der Waals surface area contributed by atoms with Gasteiger partial charge in [-0.3, -0.25) is 0 Å². The number of hydrogen-bond donors (Lipinski definition) is 2. The first-order valence-electron chi connectivity index (χ1n) is 6.95. The molecule has 0 heterocycles. The number of urea groups is 1. The Bertz CT molecular complexity index is 314. The van der Waals surface area contributed by atoms with Gasteiger partial charge in [-0.15, -0.1) is 0 Å². The van der Waals surface area contributed by atoms with Crippen molar-refractivity contribution in [3.63, 3.8) is 0 Å². The summed E-state index contributed by atoms with van der Waals surface area (Å²) in [5.41, 5.74) is 0.0532. The fraction of sp³-hybridized carbons (Fsp3) is 0.929. The summed E-state index contributed by atoms with van der Waals surface area (Å²) in [6, 6.07) is 0.0963. The van der Waals surface area contributed by atoms with Crippen LogP contribution in [-0.4, -0.2) is 55.2 Å². The Kier molecular flexibility index (Phi) is 5.56. The van der Waals surface area contributed by atoms with E-state index in [9.17, 15) is 4.79 Å². The molecule has 0 aromatic rings. The van der Waals surface area contributed by atoms with Crippen LogP contribution in [0.2, 0.25) is 0 Å². The standard InChI is InChI=1S/C14H29N3OS/c1-11(13(2,3)10-17(4)5)16-12(18)15-9-14(19-6)7-8-14/h11H,7-10H2,1-6H3,(H2,15,16,18)/t11-/m0/s1. The van der Waals surface area contributed by atoms with Gasteiger partial charge >= 0.3 is 6.03 Å². The van der Waals surface area contributed by atoms with Crippen molar-refractivity contribution >= 4 is 17.8 Å². The lowest BCUT2D eigenvalue weighted by atomic mass is 9.85. The number of carbonyl (C=O) groups excluding carboxylic acids is 1. The average molecular weight is 287 g/mol. The van der Waals surface area contributed by atoms with Crippen molar-refractivity contribution in [3.05, 3.63) is 0 Å². The first kappa shape index (κ1) is 16.6. The molecule has 1 fully saturated rings. The Labute approximate surface area is 122 Å². The molecule has 4 nitrogen and oxygen atoms in total. The molecular weight excluding hydrogens is 258 g/mol. The third kappa shape index (κ3) is 5.22. The van der Waals surface area contributed by atoms with Crippen LogP contribution in [0.3, 0.4) is 0 Å². The summed E-state index contributed by atoms with van der Waals surface area (Å²) >= 11 is 1.86. The number of hydrogen-bond acceptors (Lipinski definition) is 3. The van der Waals surface area contributed by atoms with Crippen LogP contribution in [0.5, 0.6) is 0 Å². The van der Waals surface area contributed by atoms with Gasteiger partial charge in [-0.25, -0.2) is 4.79 Å². The number of rotatable bonds is 7. The maximum atomic E-state index is 11.9. The van der Waals surface area contributed by atoms with Gasteiger partial charge in [-0.2, -0.15) is 11.8 Å². The molecule has 0 aromatic carbocycles. The average Bonchev–Trinajstić information content (AvgIpc) is 3.05. The zero-order chi connectivity index (χ0) is 14.7. The molecule has 1 aliphatic carbocycles. The highest BCUT2D eigenvalue weighted by atomic mass is 32.2. The van der Waals surface area contributed by atoms with E-state index in [1.54, 1.807) is 0 Å². The Morgan fingerprint density at radius 1 is 1.42 bits per heavy atom. The Morgan fingerprint density at radius 3 is 2.42 bits per heavy atom. The third-order valence-electron chi connectivity index (χ3n) is 4.06. The Morgan fingerprint density at radius 2 is 2.00 bits per heavy atom. The Hall–Kier alpha value is -0.420. The lowest BCUT2D eigenvalue weighted by Gasteiger charge is -2.35. The zero-order valence-corrected chi connectivity index (χ0v) is 14.0. The molecule has 0 unspecified atom stereocenters. The van der Waals surface area contributed by atoms with E-state index in [2.05, 4.69) is 56.7 Å². The SMILES string of the molecule is CSC1(CNC(=O)N[C@@H](C)C(C)(C)CN(C)C)CC1. The minimum absolute atomic E-state index is 0.0420. The summed E-state index contributed by atoms with van der Waals surface area (Å²) in [6.45, 7) is 8.17. The molecule has 0 bridgehead atoms. The van der Waals surface area contributed by atoms with E-state index in [1.807, 2.05) is 11.8 Å². The van der Waals surface area contributed by atoms with Crippen LogP contribution in [0.25, 0.3) is 0 Å². The van der Waals surface area contributed by atoms with E-state index in [-0.39, 0.29) is 17.5 Å². The summed E-state index contributed by atoms with van der Waals surface area (Å²) in [7, 11) is 4.12. The number of carbonyl (C=O) groups is 1. The molecule has 2 N–H and O–H groups in total. The Balaban J connectivity index is 2.34. The normalized spacial score (nSPS) is 19.1. The molecule has 1 atom stereocenters. The van der Waals surface area contributed by atoms with E-state index < -0.39 is 0 Å². The first-order valence-corrected chi connectivity index (χ1v) is 8.17. The summed E-state index contributed by atoms with van der Waals surface area (Å²) < 4.78 is 0.319. The highest BCUT2D eigenvalue weighted by molar-refractivity contribution is 8.00. The van der Waals surface area contributed by atoms with Crippen molar-refractivity contribution in [1.29, 1.82) is 0 Å². The van der Waals surface area contributed by atoms with Crippen LogP contribution < -0.4 is 10.6 Å². The van der Waals surface area contributed by atoms with Crippen molar-refractivity contribution in [2.24, 2.45) is 5.41 Å². The first-order chi connectivity index (χ1) is 8.71. The maximum Gasteiger partial charge on any atom is 0.315 e. The number of thioether (sulfide) groups is 1. The van der Waals surface area contributed by atoms with Gasteiger partial charge in [0.1, 0.15) is 0 Å². The van der Waals surface area contributed by atoms with E-state index >= 15 is 0 Å². The van der Waals surface area contributed by atoms with Gasteiger partial charge in [0.2, 0.25) is 0 Å². The predicted octanol–water partition coefficient (Wildman–Crippen LogP) is 2.16. The number of amides is 2. The monoisotopic (exact) mass is 287 g/mol. The molecule has 0 radical (unpaired) electrons. The van der Waals surface area contributed by atoms with Gasteiger partial charge in [0.15, 0.2) is 0 Å². The minimum Gasteiger partial charge on any atom is -0.337 e.